The molecule has 4 heteroatoms. The third-order valence-corrected chi connectivity index (χ3v) is 4.49. The summed E-state index contributed by atoms with van der Waals surface area (Å²) in [5, 5.41) is 0.784. The molecule has 1 unspecified atom stereocenters. The van der Waals surface area contributed by atoms with Crippen LogP contribution in [0, 0.1) is 0 Å². The molecule has 0 amide bonds. The van der Waals surface area contributed by atoms with Crippen LogP contribution in [0.2, 0.25) is 5.02 Å². The molecule has 1 aliphatic heterocycles. The van der Waals surface area contributed by atoms with Crippen LogP contribution >= 0.6 is 11.6 Å². The van der Waals surface area contributed by atoms with Gasteiger partial charge in [-0.25, -0.2) is 0 Å². The molecule has 3 nitrogen and oxygen atoms in total. The number of benzene rings is 1. The van der Waals surface area contributed by atoms with Crippen molar-refractivity contribution < 1.29 is 0 Å². The standard InChI is InChI=1S/C15H24ClN3/c1-3-18(4-2)12-8-9-19(11-12)15-7-5-6-14(16)13(15)10-17/h5-7,12H,3-4,8-11,17H2,1-2H3. The second-order valence-electron chi connectivity index (χ2n) is 5.05. The van der Waals surface area contributed by atoms with Crippen molar-refractivity contribution in [2.75, 3.05) is 31.1 Å². The Morgan fingerprint density at radius 2 is 2.11 bits per heavy atom. The molecule has 0 spiro atoms. The van der Waals surface area contributed by atoms with Crippen molar-refractivity contribution in [3.8, 4) is 0 Å². The normalized spacial score (nSPS) is 19.4. The molecule has 1 heterocycles. The summed E-state index contributed by atoms with van der Waals surface area (Å²) in [6, 6.07) is 6.73. The lowest BCUT2D eigenvalue weighted by molar-refractivity contribution is 0.232. The molecule has 2 N–H and O–H groups in total. The van der Waals surface area contributed by atoms with Crippen LogP contribution in [0.4, 0.5) is 5.69 Å². The van der Waals surface area contributed by atoms with Gasteiger partial charge in [0.2, 0.25) is 0 Å². The highest BCUT2D eigenvalue weighted by molar-refractivity contribution is 6.31. The highest BCUT2D eigenvalue weighted by Gasteiger charge is 2.27. The molecule has 0 aliphatic carbocycles. The molecule has 0 saturated carbocycles. The number of likely N-dealkylation sites (N-methyl/N-ethyl adjacent to an activating group) is 1. The zero-order chi connectivity index (χ0) is 13.8. The van der Waals surface area contributed by atoms with Crippen molar-refractivity contribution in [1.82, 2.24) is 4.90 Å². The number of rotatable bonds is 5. The second kappa shape index (κ2) is 6.60. The van der Waals surface area contributed by atoms with Crippen LogP contribution < -0.4 is 10.6 Å². The first-order valence-electron chi connectivity index (χ1n) is 7.17. The van der Waals surface area contributed by atoms with Crippen molar-refractivity contribution in [1.29, 1.82) is 0 Å². The quantitative estimate of drug-likeness (QED) is 0.901. The Kier molecular flexibility index (Phi) is 5.08. The van der Waals surface area contributed by atoms with Crippen LogP contribution in [-0.2, 0) is 6.54 Å². The number of hydrogen-bond donors (Lipinski definition) is 1. The predicted molar refractivity (Wildman–Crippen MR) is 82.9 cm³/mol. The van der Waals surface area contributed by atoms with Gasteiger partial charge in [-0.3, -0.25) is 4.90 Å². The lowest BCUT2D eigenvalue weighted by Crippen LogP contribution is -2.37. The summed E-state index contributed by atoms with van der Waals surface area (Å²) in [7, 11) is 0. The van der Waals surface area contributed by atoms with E-state index in [0.29, 0.717) is 12.6 Å². The van der Waals surface area contributed by atoms with Gasteiger partial charge in [-0.15, -0.1) is 0 Å². The number of nitrogens with zero attached hydrogens (tertiary/aromatic N) is 2. The van der Waals surface area contributed by atoms with Crippen molar-refractivity contribution in [2.24, 2.45) is 5.73 Å². The van der Waals surface area contributed by atoms with E-state index < -0.39 is 0 Å². The molecule has 19 heavy (non-hydrogen) atoms. The van der Waals surface area contributed by atoms with Crippen LogP contribution in [0.15, 0.2) is 18.2 Å². The van der Waals surface area contributed by atoms with Gasteiger partial charge in [-0.05, 0) is 31.6 Å². The van der Waals surface area contributed by atoms with Crippen LogP contribution in [0.3, 0.4) is 0 Å². The molecule has 1 atom stereocenters. The Hall–Kier alpha value is -0.770. The molecule has 106 valence electrons. The molecule has 1 fully saturated rings. The lowest BCUT2D eigenvalue weighted by atomic mass is 10.1. The molecule has 1 aromatic carbocycles. The van der Waals surface area contributed by atoms with E-state index in [1.165, 1.54) is 12.1 Å². The van der Waals surface area contributed by atoms with Gasteiger partial charge in [0.1, 0.15) is 0 Å². The van der Waals surface area contributed by atoms with Gasteiger partial charge < -0.3 is 10.6 Å². The molecule has 2 rings (SSSR count). The fourth-order valence-corrected chi connectivity index (χ4v) is 3.29. The Morgan fingerprint density at radius 1 is 1.37 bits per heavy atom. The zero-order valence-electron chi connectivity index (χ0n) is 11.9. The van der Waals surface area contributed by atoms with Crippen molar-refractivity contribution >= 4 is 17.3 Å². The fourth-order valence-electron chi connectivity index (χ4n) is 3.04. The topological polar surface area (TPSA) is 32.5 Å². The molecule has 0 bridgehead atoms. The Morgan fingerprint density at radius 3 is 2.74 bits per heavy atom. The lowest BCUT2D eigenvalue weighted by Gasteiger charge is -2.27. The van der Waals surface area contributed by atoms with Gasteiger partial charge in [0.25, 0.3) is 0 Å². The molecule has 1 aliphatic rings. The van der Waals surface area contributed by atoms with E-state index >= 15 is 0 Å². The van der Waals surface area contributed by atoms with E-state index in [-0.39, 0.29) is 0 Å². The summed E-state index contributed by atoms with van der Waals surface area (Å²) in [6.45, 7) is 9.38. The number of anilines is 1. The zero-order valence-corrected chi connectivity index (χ0v) is 12.7. The first-order valence-corrected chi connectivity index (χ1v) is 7.55. The van der Waals surface area contributed by atoms with Gasteiger partial charge >= 0.3 is 0 Å². The molecule has 0 radical (unpaired) electrons. The van der Waals surface area contributed by atoms with E-state index in [1.54, 1.807) is 0 Å². The summed E-state index contributed by atoms with van der Waals surface area (Å²) in [5.74, 6) is 0. The minimum atomic E-state index is 0.501. The van der Waals surface area contributed by atoms with Crippen LogP contribution in [0.1, 0.15) is 25.8 Å². The highest BCUT2D eigenvalue weighted by Crippen LogP contribution is 2.30. The third-order valence-electron chi connectivity index (χ3n) is 4.13. The maximum absolute atomic E-state index is 6.24. The molecular formula is C15H24ClN3. The van der Waals surface area contributed by atoms with Gasteiger partial charge in [0.15, 0.2) is 0 Å². The van der Waals surface area contributed by atoms with E-state index in [4.69, 9.17) is 17.3 Å². The first kappa shape index (κ1) is 14.6. The van der Waals surface area contributed by atoms with E-state index in [2.05, 4.69) is 29.7 Å². The predicted octanol–water partition coefficient (Wildman–Crippen LogP) is 2.72. The summed E-state index contributed by atoms with van der Waals surface area (Å²) < 4.78 is 0. The monoisotopic (exact) mass is 281 g/mol. The van der Waals surface area contributed by atoms with Crippen molar-refractivity contribution in [2.45, 2.75) is 32.9 Å². The van der Waals surface area contributed by atoms with E-state index in [0.717, 1.165) is 36.8 Å². The number of hydrogen-bond acceptors (Lipinski definition) is 3. The summed E-state index contributed by atoms with van der Waals surface area (Å²) in [5.41, 5.74) is 8.13. The Balaban J connectivity index is 2.15. The minimum Gasteiger partial charge on any atom is -0.370 e. The van der Waals surface area contributed by atoms with Crippen LogP contribution in [0.25, 0.3) is 0 Å². The van der Waals surface area contributed by atoms with Gasteiger partial charge in [-0.2, -0.15) is 0 Å². The average Bonchev–Trinajstić information content (AvgIpc) is 2.89. The van der Waals surface area contributed by atoms with Gasteiger partial charge in [0.05, 0.1) is 0 Å². The average molecular weight is 282 g/mol. The molecular weight excluding hydrogens is 258 g/mol. The minimum absolute atomic E-state index is 0.501. The van der Waals surface area contributed by atoms with E-state index in [1.807, 2.05) is 12.1 Å². The maximum atomic E-state index is 6.24. The molecule has 0 aromatic heterocycles. The van der Waals surface area contributed by atoms with E-state index in [9.17, 15) is 0 Å². The maximum Gasteiger partial charge on any atom is 0.0471 e. The van der Waals surface area contributed by atoms with Crippen molar-refractivity contribution in [3.63, 3.8) is 0 Å². The number of nitrogens with two attached hydrogens (primary N) is 1. The Bertz CT molecular complexity index is 418. The Labute approximate surface area is 121 Å². The molecule has 1 saturated heterocycles. The highest BCUT2D eigenvalue weighted by atomic mass is 35.5. The number of halogens is 1. The fraction of sp³-hybridized carbons (Fsp3) is 0.600. The second-order valence-corrected chi connectivity index (χ2v) is 5.46. The first-order chi connectivity index (χ1) is 9.21. The summed E-state index contributed by atoms with van der Waals surface area (Å²) >= 11 is 6.24. The SMILES string of the molecule is CCN(CC)C1CCN(c2cccc(Cl)c2CN)C1. The molecule has 1 aromatic rings. The smallest absolute Gasteiger partial charge is 0.0471 e. The van der Waals surface area contributed by atoms with Crippen LogP contribution in [-0.4, -0.2) is 37.1 Å². The largest absolute Gasteiger partial charge is 0.370 e. The van der Waals surface area contributed by atoms with Gasteiger partial charge in [0, 0.05) is 41.9 Å². The van der Waals surface area contributed by atoms with Crippen molar-refractivity contribution in [3.05, 3.63) is 28.8 Å². The van der Waals surface area contributed by atoms with Gasteiger partial charge in [-0.1, -0.05) is 31.5 Å². The summed E-state index contributed by atoms with van der Waals surface area (Å²) in [4.78, 5) is 4.96. The summed E-state index contributed by atoms with van der Waals surface area (Å²) in [6.07, 6.45) is 1.22. The van der Waals surface area contributed by atoms with Crippen LogP contribution in [0.5, 0.6) is 0 Å². The third kappa shape index (κ3) is 3.04.